The minimum absolute atomic E-state index is 0.0434. The summed E-state index contributed by atoms with van der Waals surface area (Å²) in [6.07, 6.45) is 2.50. The van der Waals surface area contributed by atoms with Crippen LogP contribution in [0.3, 0.4) is 0 Å². The Morgan fingerprint density at radius 2 is 1.41 bits per heavy atom. The Bertz CT molecular complexity index is 1930. The second kappa shape index (κ2) is 18.9. The molecule has 7 N–H and O–H groups in total. The van der Waals surface area contributed by atoms with Gasteiger partial charge in [-0.2, -0.15) is 0 Å². The van der Waals surface area contributed by atoms with E-state index in [1.165, 1.54) is 12.1 Å². The van der Waals surface area contributed by atoms with Crippen molar-refractivity contribution in [2.45, 2.75) is 90.4 Å². The lowest BCUT2D eigenvalue weighted by atomic mass is 9.83. The van der Waals surface area contributed by atoms with Crippen molar-refractivity contribution in [3.05, 3.63) is 94.5 Å². The standard InChI is InChI=1S/C43H54N6O7/c1-25(2)22-34(47-40(53)32(44)24-27-15-17-28(50)18-16-27)41(54)48-35(23-26(3)4)43(56)49-21-8-14-36(49)42(55)46-20-9-19-45-33-13-7-12-31-37(33)39(52)30-11-6-5-10-29(30)38(31)51/h5-7,10-13,15-18,25-26,32,34-36,45,50H,8-9,14,19-24,44H2,1-4H3,(H,46,55)(H,47,53)(H,48,54)/t32-,34-,35-,36-/m0/s1. The molecular formula is C43H54N6O7. The molecule has 298 valence electrons. The SMILES string of the molecule is CC(C)C[C@H](NC(=O)[C@@H](N)Cc1ccc(O)cc1)C(=O)N[C@@H](CC(C)C)C(=O)N1CCC[C@H]1C(=O)NCCCNc1cccc2c1C(=O)c1ccccc1C2=O. The van der Waals surface area contributed by atoms with Crippen LogP contribution >= 0.6 is 0 Å². The van der Waals surface area contributed by atoms with Crippen molar-refractivity contribution in [3.63, 3.8) is 0 Å². The fourth-order valence-electron chi connectivity index (χ4n) is 7.36. The largest absolute Gasteiger partial charge is 0.508 e. The topological polar surface area (TPSA) is 200 Å². The molecule has 1 heterocycles. The molecule has 1 aliphatic carbocycles. The van der Waals surface area contributed by atoms with Gasteiger partial charge in [0.2, 0.25) is 23.6 Å². The zero-order valence-corrected chi connectivity index (χ0v) is 32.6. The lowest BCUT2D eigenvalue weighted by Crippen LogP contribution is -2.58. The van der Waals surface area contributed by atoms with Crippen LogP contribution in [-0.4, -0.2) is 89.0 Å². The number of likely N-dealkylation sites (tertiary alicyclic amines) is 1. The van der Waals surface area contributed by atoms with Crippen molar-refractivity contribution in [2.24, 2.45) is 17.6 Å². The number of carbonyl (C=O) groups is 6. The maximum atomic E-state index is 14.1. The number of anilines is 1. The molecule has 2 aliphatic rings. The van der Waals surface area contributed by atoms with E-state index in [1.807, 2.05) is 27.7 Å². The highest BCUT2D eigenvalue weighted by Crippen LogP contribution is 2.32. The van der Waals surface area contributed by atoms with Crippen molar-refractivity contribution >= 4 is 40.9 Å². The smallest absolute Gasteiger partial charge is 0.245 e. The third-order valence-electron chi connectivity index (χ3n) is 10.1. The molecule has 0 unspecified atom stereocenters. The number of rotatable bonds is 17. The molecule has 5 rings (SSSR count). The predicted octanol–water partition coefficient (Wildman–Crippen LogP) is 3.71. The molecule has 0 radical (unpaired) electrons. The number of fused-ring (bicyclic) bond motifs is 2. The molecule has 56 heavy (non-hydrogen) atoms. The average molecular weight is 767 g/mol. The fraction of sp³-hybridized carbons (Fsp3) is 0.442. The monoisotopic (exact) mass is 766 g/mol. The lowest BCUT2D eigenvalue weighted by Gasteiger charge is -2.31. The summed E-state index contributed by atoms with van der Waals surface area (Å²) in [6.45, 7) is 8.86. The minimum atomic E-state index is -0.938. The van der Waals surface area contributed by atoms with Crippen LogP contribution in [-0.2, 0) is 25.6 Å². The number of ketones is 2. The number of nitrogens with one attached hydrogen (secondary N) is 4. The van der Waals surface area contributed by atoms with Crippen molar-refractivity contribution in [1.29, 1.82) is 0 Å². The zero-order valence-electron chi connectivity index (χ0n) is 32.6. The summed E-state index contributed by atoms with van der Waals surface area (Å²) in [4.78, 5) is 82.3. The van der Waals surface area contributed by atoms with E-state index in [9.17, 15) is 33.9 Å². The molecule has 13 nitrogen and oxygen atoms in total. The Kier molecular flexibility index (Phi) is 14.0. The summed E-state index contributed by atoms with van der Waals surface area (Å²) in [7, 11) is 0. The van der Waals surface area contributed by atoms with E-state index in [-0.39, 0.29) is 47.4 Å². The average Bonchev–Trinajstić information content (AvgIpc) is 3.67. The summed E-state index contributed by atoms with van der Waals surface area (Å²) in [5.41, 5.74) is 8.99. The summed E-state index contributed by atoms with van der Waals surface area (Å²) in [6, 6.07) is 14.9. The lowest BCUT2D eigenvalue weighted by molar-refractivity contribution is -0.142. The normalized spacial score (nSPS) is 16.5. The van der Waals surface area contributed by atoms with Crippen LogP contribution in [0.25, 0.3) is 0 Å². The number of benzene rings is 3. The molecule has 4 atom stereocenters. The highest BCUT2D eigenvalue weighted by atomic mass is 16.3. The van der Waals surface area contributed by atoms with Gasteiger partial charge in [0.25, 0.3) is 0 Å². The van der Waals surface area contributed by atoms with Crippen LogP contribution in [0.15, 0.2) is 66.7 Å². The zero-order chi connectivity index (χ0) is 40.5. The Labute approximate surface area is 328 Å². The number of phenols is 1. The van der Waals surface area contributed by atoms with E-state index in [0.717, 1.165) is 5.56 Å². The van der Waals surface area contributed by atoms with E-state index in [1.54, 1.807) is 59.5 Å². The first-order chi connectivity index (χ1) is 26.7. The maximum absolute atomic E-state index is 14.1. The number of carbonyl (C=O) groups excluding carboxylic acids is 6. The number of aromatic hydroxyl groups is 1. The summed E-state index contributed by atoms with van der Waals surface area (Å²) in [5.74, 6) is -1.85. The summed E-state index contributed by atoms with van der Waals surface area (Å²) >= 11 is 0. The first-order valence-corrected chi connectivity index (χ1v) is 19.5. The first kappa shape index (κ1) is 41.6. The van der Waals surface area contributed by atoms with Crippen molar-refractivity contribution in [3.8, 4) is 5.75 Å². The fourth-order valence-corrected chi connectivity index (χ4v) is 7.36. The third kappa shape index (κ3) is 10.2. The van der Waals surface area contributed by atoms with Crippen molar-refractivity contribution < 1.29 is 33.9 Å². The van der Waals surface area contributed by atoms with Crippen LogP contribution in [0.4, 0.5) is 5.69 Å². The van der Waals surface area contributed by atoms with Crippen molar-refractivity contribution in [2.75, 3.05) is 25.0 Å². The van der Waals surface area contributed by atoms with Gasteiger partial charge in [-0.1, -0.05) is 76.2 Å². The highest BCUT2D eigenvalue weighted by molar-refractivity contribution is 6.30. The Morgan fingerprint density at radius 1 is 0.786 bits per heavy atom. The second-order valence-electron chi connectivity index (χ2n) is 15.6. The van der Waals surface area contributed by atoms with E-state index >= 15 is 0 Å². The molecule has 0 saturated carbocycles. The first-order valence-electron chi connectivity index (χ1n) is 19.5. The van der Waals surface area contributed by atoms with Crippen LogP contribution in [0, 0.1) is 11.8 Å². The van der Waals surface area contributed by atoms with Crippen LogP contribution < -0.4 is 27.0 Å². The van der Waals surface area contributed by atoms with Gasteiger partial charge in [-0.05, 0) is 74.1 Å². The highest BCUT2D eigenvalue weighted by Gasteiger charge is 2.39. The van der Waals surface area contributed by atoms with Gasteiger partial charge in [0.05, 0.1) is 11.6 Å². The number of nitrogens with two attached hydrogens (primary N) is 1. The van der Waals surface area contributed by atoms with Crippen LogP contribution in [0.2, 0.25) is 0 Å². The number of phenolic OH excluding ortho intramolecular Hbond substituents is 1. The van der Waals surface area contributed by atoms with Gasteiger partial charge >= 0.3 is 0 Å². The summed E-state index contributed by atoms with van der Waals surface area (Å²) in [5, 5.41) is 21.5. The van der Waals surface area contributed by atoms with E-state index in [4.69, 9.17) is 5.73 Å². The maximum Gasteiger partial charge on any atom is 0.245 e. The Hall–Kier alpha value is -5.56. The van der Waals surface area contributed by atoms with Gasteiger partial charge in [-0.3, -0.25) is 28.8 Å². The molecule has 4 amide bonds. The number of amides is 4. The molecule has 13 heteroatoms. The minimum Gasteiger partial charge on any atom is -0.508 e. The van der Waals surface area contributed by atoms with Gasteiger partial charge in [-0.15, -0.1) is 0 Å². The van der Waals surface area contributed by atoms with Gasteiger partial charge in [0, 0.05) is 42.0 Å². The molecule has 1 fully saturated rings. The molecule has 0 bridgehead atoms. The molecular weight excluding hydrogens is 713 g/mol. The van der Waals surface area contributed by atoms with E-state index in [0.29, 0.717) is 79.7 Å². The quantitative estimate of drug-likeness (QED) is 0.0868. The van der Waals surface area contributed by atoms with Crippen LogP contribution in [0.1, 0.15) is 97.2 Å². The third-order valence-corrected chi connectivity index (χ3v) is 10.1. The molecule has 3 aromatic carbocycles. The second-order valence-corrected chi connectivity index (χ2v) is 15.6. The van der Waals surface area contributed by atoms with Gasteiger partial charge in [-0.25, -0.2) is 0 Å². The van der Waals surface area contributed by atoms with E-state index < -0.39 is 36.0 Å². The molecule has 0 aromatic heterocycles. The van der Waals surface area contributed by atoms with Crippen molar-refractivity contribution in [1.82, 2.24) is 20.9 Å². The van der Waals surface area contributed by atoms with E-state index in [2.05, 4.69) is 21.3 Å². The Morgan fingerprint density at radius 3 is 2.09 bits per heavy atom. The summed E-state index contributed by atoms with van der Waals surface area (Å²) < 4.78 is 0. The number of hydrogen-bond donors (Lipinski definition) is 6. The van der Waals surface area contributed by atoms with Gasteiger partial charge < -0.3 is 37.0 Å². The number of hydrogen-bond acceptors (Lipinski definition) is 9. The molecule has 1 saturated heterocycles. The molecule has 3 aromatic rings. The number of nitrogens with zero attached hydrogens (tertiary/aromatic N) is 1. The molecule has 1 aliphatic heterocycles. The Balaban J connectivity index is 1.16. The van der Waals surface area contributed by atoms with Gasteiger partial charge in [0.1, 0.15) is 23.9 Å². The predicted molar refractivity (Wildman–Crippen MR) is 213 cm³/mol. The molecule has 0 spiro atoms. The van der Waals surface area contributed by atoms with Gasteiger partial charge in [0.15, 0.2) is 11.6 Å². The van der Waals surface area contributed by atoms with Crippen LogP contribution in [0.5, 0.6) is 5.75 Å².